The Hall–Kier alpha value is -2.85. The van der Waals surface area contributed by atoms with E-state index in [-0.39, 0.29) is 5.56 Å². The monoisotopic (exact) mass is 324 g/mol. The fraction of sp³-hybridized carbons (Fsp3) is 0. The predicted octanol–water partition coefficient (Wildman–Crippen LogP) is 4.84. The first-order valence-corrected chi connectivity index (χ1v) is 7.33. The van der Waals surface area contributed by atoms with Crippen molar-refractivity contribution in [2.75, 3.05) is 5.32 Å². The molecule has 2 aromatic carbocycles. The highest BCUT2D eigenvalue weighted by Gasteiger charge is 2.13. The highest BCUT2D eigenvalue weighted by Crippen LogP contribution is 2.25. The van der Waals surface area contributed by atoms with Gasteiger partial charge in [-0.2, -0.15) is 0 Å². The molecule has 3 aromatic rings. The molecular weight excluding hydrogens is 312 g/mol. The van der Waals surface area contributed by atoms with Gasteiger partial charge in [-0.25, -0.2) is 9.78 Å². The number of carboxylic acids is 1. The van der Waals surface area contributed by atoms with Gasteiger partial charge < -0.3 is 10.4 Å². The zero-order valence-electron chi connectivity index (χ0n) is 12.0. The van der Waals surface area contributed by atoms with Crippen molar-refractivity contribution in [3.8, 4) is 11.3 Å². The van der Waals surface area contributed by atoms with E-state index in [1.165, 1.54) is 0 Å². The summed E-state index contributed by atoms with van der Waals surface area (Å²) in [6.07, 6.45) is 0. The van der Waals surface area contributed by atoms with Gasteiger partial charge in [0.1, 0.15) is 11.4 Å². The molecule has 114 valence electrons. The Morgan fingerprint density at radius 2 is 1.65 bits per heavy atom. The number of nitrogens with one attached hydrogen (secondary N) is 1. The first kappa shape index (κ1) is 15.1. The summed E-state index contributed by atoms with van der Waals surface area (Å²) in [5.41, 5.74) is 2.45. The van der Waals surface area contributed by atoms with Crippen molar-refractivity contribution in [3.63, 3.8) is 0 Å². The summed E-state index contributed by atoms with van der Waals surface area (Å²) >= 11 is 5.86. The molecule has 1 aromatic heterocycles. The number of hydrogen-bond acceptors (Lipinski definition) is 3. The fourth-order valence-corrected chi connectivity index (χ4v) is 2.29. The van der Waals surface area contributed by atoms with E-state index in [0.29, 0.717) is 16.5 Å². The van der Waals surface area contributed by atoms with Crippen LogP contribution in [-0.4, -0.2) is 16.1 Å². The van der Waals surface area contributed by atoms with Crippen molar-refractivity contribution in [1.82, 2.24) is 4.98 Å². The number of aromatic nitrogens is 1. The van der Waals surface area contributed by atoms with Gasteiger partial charge in [0.2, 0.25) is 0 Å². The third-order valence-electron chi connectivity index (χ3n) is 3.30. The first-order chi connectivity index (χ1) is 11.1. The lowest BCUT2D eigenvalue weighted by molar-refractivity contribution is 0.0697. The van der Waals surface area contributed by atoms with E-state index in [9.17, 15) is 9.90 Å². The minimum atomic E-state index is -1.03. The maximum atomic E-state index is 11.4. The van der Waals surface area contributed by atoms with E-state index in [2.05, 4.69) is 10.3 Å². The molecular formula is C18H13ClN2O2. The quantitative estimate of drug-likeness (QED) is 0.720. The summed E-state index contributed by atoms with van der Waals surface area (Å²) in [6.45, 7) is 0. The van der Waals surface area contributed by atoms with Crippen molar-refractivity contribution in [2.24, 2.45) is 0 Å². The molecule has 0 saturated heterocycles. The number of halogens is 1. The zero-order chi connectivity index (χ0) is 16.2. The molecule has 5 heteroatoms. The van der Waals surface area contributed by atoms with Gasteiger partial charge >= 0.3 is 5.97 Å². The molecule has 23 heavy (non-hydrogen) atoms. The van der Waals surface area contributed by atoms with Gasteiger partial charge in [-0.1, -0.05) is 41.9 Å². The van der Waals surface area contributed by atoms with E-state index in [4.69, 9.17) is 11.6 Å². The van der Waals surface area contributed by atoms with Crippen molar-refractivity contribution >= 4 is 29.1 Å². The third-order valence-corrected chi connectivity index (χ3v) is 3.55. The number of pyridine rings is 1. The number of hydrogen-bond donors (Lipinski definition) is 2. The second kappa shape index (κ2) is 6.50. The van der Waals surface area contributed by atoms with Gasteiger partial charge in [-0.05, 0) is 36.4 Å². The maximum absolute atomic E-state index is 11.4. The van der Waals surface area contributed by atoms with E-state index >= 15 is 0 Å². The van der Waals surface area contributed by atoms with Crippen LogP contribution in [0.2, 0.25) is 5.02 Å². The van der Waals surface area contributed by atoms with Crippen LogP contribution in [-0.2, 0) is 0 Å². The predicted molar refractivity (Wildman–Crippen MR) is 91.4 cm³/mol. The second-order valence-electron chi connectivity index (χ2n) is 4.90. The number of carboxylic acid groups (broad SMARTS) is 1. The number of aromatic carboxylic acids is 1. The lowest BCUT2D eigenvalue weighted by Gasteiger charge is -2.11. The maximum Gasteiger partial charge on any atom is 0.339 e. The van der Waals surface area contributed by atoms with Crippen LogP contribution in [0.25, 0.3) is 11.3 Å². The summed E-state index contributed by atoms with van der Waals surface area (Å²) in [7, 11) is 0. The molecule has 4 nitrogen and oxygen atoms in total. The van der Waals surface area contributed by atoms with Crippen molar-refractivity contribution in [3.05, 3.63) is 77.3 Å². The largest absolute Gasteiger partial charge is 0.478 e. The number of carbonyl (C=O) groups is 1. The van der Waals surface area contributed by atoms with Gasteiger partial charge in [0.15, 0.2) is 0 Å². The Labute approximate surface area is 138 Å². The summed E-state index contributed by atoms with van der Waals surface area (Å²) < 4.78 is 0. The number of nitrogens with zero attached hydrogens (tertiary/aromatic N) is 1. The second-order valence-corrected chi connectivity index (χ2v) is 5.33. The average Bonchev–Trinajstić information content (AvgIpc) is 2.57. The molecule has 0 aliphatic heterocycles. The van der Waals surface area contributed by atoms with Crippen LogP contribution in [0.15, 0.2) is 66.7 Å². The standard InChI is InChI=1S/C18H13ClN2O2/c19-13-6-8-14(9-7-13)20-17-15(18(22)23)10-11-16(21-17)12-4-2-1-3-5-12/h1-11H,(H,20,21)(H,22,23). The normalized spacial score (nSPS) is 10.3. The SMILES string of the molecule is O=C(O)c1ccc(-c2ccccc2)nc1Nc1ccc(Cl)cc1. The van der Waals surface area contributed by atoms with Crippen LogP contribution < -0.4 is 5.32 Å². The summed E-state index contributed by atoms with van der Waals surface area (Å²) in [6, 6.07) is 19.8. The van der Waals surface area contributed by atoms with Crippen molar-refractivity contribution in [1.29, 1.82) is 0 Å². The average molecular weight is 325 g/mol. The molecule has 0 amide bonds. The Morgan fingerprint density at radius 1 is 0.957 bits per heavy atom. The van der Waals surface area contributed by atoms with Crippen molar-refractivity contribution in [2.45, 2.75) is 0 Å². The minimum Gasteiger partial charge on any atom is -0.478 e. The molecule has 0 fully saturated rings. The Morgan fingerprint density at radius 3 is 2.30 bits per heavy atom. The Kier molecular flexibility index (Phi) is 4.26. The molecule has 2 N–H and O–H groups in total. The molecule has 0 aliphatic rings. The van der Waals surface area contributed by atoms with Crippen LogP contribution in [0.5, 0.6) is 0 Å². The molecule has 0 aliphatic carbocycles. The molecule has 3 rings (SSSR count). The van der Waals surface area contributed by atoms with Gasteiger partial charge in [0, 0.05) is 16.3 Å². The Balaban J connectivity index is 2.01. The Bertz CT molecular complexity index is 833. The smallest absolute Gasteiger partial charge is 0.339 e. The van der Waals surface area contributed by atoms with Gasteiger partial charge in [0.05, 0.1) is 5.69 Å². The van der Waals surface area contributed by atoms with Gasteiger partial charge in [-0.15, -0.1) is 0 Å². The molecule has 0 atom stereocenters. The summed E-state index contributed by atoms with van der Waals surface area (Å²) in [5.74, 6) is -0.741. The molecule has 0 spiro atoms. The summed E-state index contributed by atoms with van der Waals surface area (Å²) in [5, 5.41) is 13.0. The molecule has 0 bridgehead atoms. The topological polar surface area (TPSA) is 62.2 Å². The molecule has 1 heterocycles. The van der Waals surface area contributed by atoms with Crippen LogP contribution in [0.1, 0.15) is 10.4 Å². The highest BCUT2D eigenvalue weighted by atomic mass is 35.5. The highest BCUT2D eigenvalue weighted by molar-refractivity contribution is 6.30. The number of benzene rings is 2. The minimum absolute atomic E-state index is 0.111. The van der Waals surface area contributed by atoms with Crippen LogP contribution in [0.4, 0.5) is 11.5 Å². The van der Waals surface area contributed by atoms with Crippen LogP contribution >= 0.6 is 11.6 Å². The van der Waals surface area contributed by atoms with Gasteiger partial charge in [0.25, 0.3) is 0 Å². The van der Waals surface area contributed by atoms with E-state index < -0.39 is 5.97 Å². The fourth-order valence-electron chi connectivity index (χ4n) is 2.17. The zero-order valence-corrected chi connectivity index (χ0v) is 12.8. The van der Waals surface area contributed by atoms with Crippen molar-refractivity contribution < 1.29 is 9.90 Å². The third kappa shape index (κ3) is 3.49. The van der Waals surface area contributed by atoms with Crippen LogP contribution in [0.3, 0.4) is 0 Å². The van der Waals surface area contributed by atoms with Crippen LogP contribution in [0, 0.1) is 0 Å². The van der Waals surface area contributed by atoms with E-state index in [1.807, 2.05) is 30.3 Å². The van der Waals surface area contributed by atoms with Gasteiger partial charge in [-0.3, -0.25) is 0 Å². The molecule has 0 radical (unpaired) electrons. The number of rotatable bonds is 4. The van der Waals surface area contributed by atoms with E-state index in [0.717, 1.165) is 11.3 Å². The number of anilines is 2. The lowest BCUT2D eigenvalue weighted by atomic mass is 10.1. The first-order valence-electron chi connectivity index (χ1n) is 6.96. The lowest BCUT2D eigenvalue weighted by Crippen LogP contribution is -2.05. The molecule has 0 saturated carbocycles. The summed E-state index contributed by atoms with van der Waals surface area (Å²) in [4.78, 5) is 15.9. The molecule has 0 unspecified atom stereocenters. The van der Waals surface area contributed by atoms with E-state index in [1.54, 1.807) is 36.4 Å².